The molecule has 2 aromatic carbocycles. The molecule has 1 N–H and O–H groups in total. The van der Waals surface area contributed by atoms with E-state index in [-0.39, 0.29) is 17.5 Å². The molecule has 2 heterocycles. The Morgan fingerprint density at radius 1 is 1.13 bits per heavy atom. The predicted molar refractivity (Wildman–Crippen MR) is 113 cm³/mol. The zero-order valence-corrected chi connectivity index (χ0v) is 17.4. The van der Waals surface area contributed by atoms with Crippen molar-refractivity contribution in [2.24, 2.45) is 0 Å². The Kier molecular flexibility index (Phi) is 5.94. The van der Waals surface area contributed by atoms with Crippen molar-refractivity contribution < 1.29 is 18.7 Å². The largest absolute Gasteiger partial charge is 0.497 e. The number of anilines is 1. The molecule has 4 rings (SSSR count). The van der Waals surface area contributed by atoms with E-state index in [1.54, 1.807) is 37.4 Å². The van der Waals surface area contributed by atoms with E-state index in [2.05, 4.69) is 25.6 Å². The normalized spacial score (nSPS) is 10.8. The molecule has 4 aromatic rings. The quantitative estimate of drug-likeness (QED) is 0.345. The number of thioether (sulfide) groups is 1. The molecule has 0 saturated carbocycles. The number of fused-ring (bicyclic) bond motifs is 1. The van der Waals surface area contributed by atoms with Gasteiger partial charge in [-0.25, -0.2) is 14.4 Å². The summed E-state index contributed by atoms with van der Waals surface area (Å²) in [5, 5.41) is 11.5. The summed E-state index contributed by atoms with van der Waals surface area (Å²) in [4.78, 5) is 20.9. The number of nitrogens with zero attached hydrogens (tertiary/aromatic N) is 5. The van der Waals surface area contributed by atoms with Crippen LogP contribution in [0.2, 0.25) is 0 Å². The number of aromatic nitrogens is 5. The summed E-state index contributed by atoms with van der Waals surface area (Å²) in [7, 11) is 3.07. The standard InChI is InChI=1S/C20H17FN6O3S/c1-29-14-7-8-16(30-2)15(9-14)24-17(28)10-31-20-18-19(22-11-23-20)27(26-25-18)13-5-3-12(21)4-6-13/h3-9,11H,10H2,1-2H3,(H,24,28). The molecule has 0 saturated heterocycles. The van der Waals surface area contributed by atoms with Crippen LogP contribution in [0.3, 0.4) is 0 Å². The molecule has 1 amide bonds. The van der Waals surface area contributed by atoms with Gasteiger partial charge in [0, 0.05) is 6.07 Å². The van der Waals surface area contributed by atoms with Crippen molar-refractivity contribution in [3.63, 3.8) is 0 Å². The number of ether oxygens (including phenoxy) is 2. The van der Waals surface area contributed by atoms with Crippen LogP contribution in [-0.2, 0) is 4.79 Å². The average Bonchev–Trinajstić information content (AvgIpc) is 3.23. The van der Waals surface area contributed by atoms with Gasteiger partial charge in [0.15, 0.2) is 11.2 Å². The van der Waals surface area contributed by atoms with Gasteiger partial charge in [0.05, 0.1) is 31.3 Å². The minimum absolute atomic E-state index is 0.0793. The van der Waals surface area contributed by atoms with E-state index in [0.717, 1.165) is 0 Å². The Balaban J connectivity index is 1.51. The van der Waals surface area contributed by atoms with E-state index in [0.29, 0.717) is 39.1 Å². The molecule has 31 heavy (non-hydrogen) atoms. The van der Waals surface area contributed by atoms with Gasteiger partial charge >= 0.3 is 0 Å². The molecule has 0 aliphatic heterocycles. The second-order valence-corrected chi connectivity index (χ2v) is 7.20. The molecule has 0 bridgehead atoms. The highest BCUT2D eigenvalue weighted by molar-refractivity contribution is 8.00. The predicted octanol–water partition coefficient (Wildman–Crippen LogP) is 3.10. The van der Waals surface area contributed by atoms with E-state index >= 15 is 0 Å². The molecule has 0 radical (unpaired) electrons. The van der Waals surface area contributed by atoms with Gasteiger partial charge in [0.2, 0.25) is 5.91 Å². The Bertz CT molecular complexity index is 1230. The summed E-state index contributed by atoms with van der Waals surface area (Å²) >= 11 is 1.20. The average molecular weight is 440 g/mol. The van der Waals surface area contributed by atoms with E-state index in [1.165, 1.54) is 42.0 Å². The number of methoxy groups -OCH3 is 2. The van der Waals surface area contributed by atoms with Crippen LogP contribution in [-0.4, -0.2) is 50.8 Å². The van der Waals surface area contributed by atoms with Crippen LogP contribution in [0.25, 0.3) is 16.9 Å². The number of hydrogen-bond donors (Lipinski definition) is 1. The molecule has 0 atom stereocenters. The van der Waals surface area contributed by atoms with Gasteiger partial charge in [-0.2, -0.15) is 4.68 Å². The first-order valence-electron chi connectivity index (χ1n) is 9.06. The molecular weight excluding hydrogens is 423 g/mol. The minimum Gasteiger partial charge on any atom is -0.497 e. The molecular formula is C20H17FN6O3S. The number of nitrogens with one attached hydrogen (secondary N) is 1. The highest BCUT2D eigenvalue weighted by atomic mass is 32.2. The zero-order chi connectivity index (χ0) is 21.8. The first-order valence-corrected chi connectivity index (χ1v) is 10.0. The van der Waals surface area contributed by atoms with Crippen molar-refractivity contribution in [3.05, 3.63) is 54.6 Å². The number of carbonyl (C=O) groups is 1. The molecule has 0 aliphatic rings. The third-order valence-corrected chi connectivity index (χ3v) is 5.27. The Hall–Kier alpha value is -3.73. The first-order chi connectivity index (χ1) is 15.1. The second-order valence-electron chi connectivity index (χ2n) is 6.23. The van der Waals surface area contributed by atoms with Crippen LogP contribution >= 0.6 is 11.8 Å². The van der Waals surface area contributed by atoms with Crippen LogP contribution in [0.15, 0.2) is 53.8 Å². The number of amides is 1. The SMILES string of the molecule is COc1ccc(OC)c(NC(=O)CSc2ncnc3c2nnn3-c2ccc(F)cc2)c1. The third-order valence-electron chi connectivity index (χ3n) is 4.30. The summed E-state index contributed by atoms with van der Waals surface area (Å²) in [6.45, 7) is 0. The molecule has 9 nitrogen and oxygen atoms in total. The minimum atomic E-state index is -0.349. The summed E-state index contributed by atoms with van der Waals surface area (Å²) in [5.74, 6) is 0.590. The van der Waals surface area contributed by atoms with Gasteiger partial charge in [-0.05, 0) is 36.4 Å². The highest BCUT2D eigenvalue weighted by Gasteiger charge is 2.16. The Labute approximate surface area is 180 Å². The van der Waals surface area contributed by atoms with Gasteiger partial charge in [-0.15, -0.1) is 5.10 Å². The Morgan fingerprint density at radius 3 is 2.68 bits per heavy atom. The van der Waals surface area contributed by atoms with E-state index in [1.807, 2.05) is 0 Å². The highest BCUT2D eigenvalue weighted by Crippen LogP contribution is 2.30. The lowest BCUT2D eigenvalue weighted by Crippen LogP contribution is -2.15. The lowest BCUT2D eigenvalue weighted by molar-refractivity contribution is -0.113. The van der Waals surface area contributed by atoms with Crippen LogP contribution < -0.4 is 14.8 Å². The zero-order valence-electron chi connectivity index (χ0n) is 16.6. The monoisotopic (exact) mass is 440 g/mol. The van der Waals surface area contributed by atoms with Gasteiger partial charge < -0.3 is 14.8 Å². The van der Waals surface area contributed by atoms with E-state index in [9.17, 15) is 9.18 Å². The maximum atomic E-state index is 13.2. The number of hydrogen-bond acceptors (Lipinski definition) is 8. The maximum Gasteiger partial charge on any atom is 0.234 e. The molecule has 0 aliphatic carbocycles. The second kappa shape index (κ2) is 8.96. The van der Waals surface area contributed by atoms with Crippen molar-refractivity contribution in [3.8, 4) is 17.2 Å². The van der Waals surface area contributed by atoms with Crippen molar-refractivity contribution >= 4 is 34.5 Å². The van der Waals surface area contributed by atoms with E-state index in [4.69, 9.17) is 9.47 Å². The number of benzene rings is 2. The van der Waals surface area contributed by atoms with Crippen LogP contribution in [0.4, 0.5) is 10.1 Å². The van der Waals surface area contributed by atoms with Crippen molar-refractivity contribution in [1.82, 2.24) is 25.0 Å². The fourth-order valence-corrected chi connectivity index (χ4v) is 3.55. The Morgan fingerprint density at radius 2 is 1.94 bits per heavy atom. The summed E-state index contributed by atoms with van der Waals surface area (Å²) < 4.78 is 25.2. The van der Waals surface area contributed by atoms with Crippen molar-refractivity contribution in [2.75, 3.05) is 25.3 Å². The lowest BCUT2D eigenvalue weighted by atomic mass is 10.2. The van der Waals surface area contributed by atoms with Gasteiger partial charge in [0.25, 0.3) is 0 Å². The van der Waals surface area contributed by atoms with E-state index < -0.39 is 0 Å². The molecule has 158 valence electrons. The topological polar surface area (TPSA) is 104 Å². The fraction of sp³-hybridized carbons (Fsp3) is 0.150. The van der Waals surface area contributed by atoms with Crippen molar-refractivity contribution in [1.29, 1.82) is 0 Å². The lowest BCUT2D eigenvalue weighted by Gasteiger charge is -2.11. The fourth-order valence-electron chi connectivity index (χ4n) is 2.82. The summed E-state index contributed by atoms with van der Waals surface area (Å²) in [5.41, 5.74) is 2.02. The maximum absolute atomic E-state index is 13.2. The third kappa shape index (κ3) is 4.40. The summed E-state index contributed by atoms with van der Waals surface area (Å²) in [6, 6.07) is 10.9. The first kappa shape index (κ1) is 20.5. The van der Waals surface area contributed by atoms with Gasteiger partial charge in [0.1, 0.15) is 28.7 Å². The molecule has 2 aromatic heterocycles. The molecule has 0 fully saturated rings. The number of carbonyl (C=O) groups excluding carboxylic acids is 1. The number of rotatable bonds is 7. The van der Waals surface area contributed by atoms with Crippen LogP contribution in [0.5, 0.6) is 11.5 Å². The molecule has 11 heteroatoms. The van der Waals surface area contributed by atoms with Crippen LogP contribution in [0.1, 0.15) is 0 Å². The molecule has 0 unspecified atom stereocenters. The van der Waals surface area contributed by atoms with Gasteiger partial charge in [-0.1, -0.05) is 17.0 Å². The van der Waals surface area contributed by atoms with Crippen LogP contribution in [0, 0.1) is 5.82 Å². The molecule has 0 spiro atoms. The van der Waals surface area contributed by atoms with Gasteiger partial charge in [-0.3, -0.25) is 4.79 Å². The number of halogens is 1. The smallest absolute Gasteiger partial charge is 0.234 e. The summed E-state index contributed by atoms with van der Waals surface area (Å²) in [6.07, 6.45) is 1.37. The van der Waals surface area contributed by atoms with Crippen molar-refractivity contribution in [2.45, 2.75) is 5.03 Å².